The highest BCUT2D eigenvalue weighted by atomic mass is 19.1. The van der Waals surface area contributed by atoms with Gasteiger partial charge < -0.3 is 4.90 Å². The summed E-state index contributed by atoms with van der Waals surface area (Å²) < 4.78 is 16.2. The molecule has 0 saturated heterocycles. The Morgan fingerprint density at radius 1 is 1.19 bits per heavy atom. The van der Waals surface area contributed by atoms with E-state index in [0.29, 0.717) is 12.1 Å². The van der Waals surface area contributed by atoms with E-state index in [4.69, 9.17) is 0 Å². The molecule has 0 aliphatic carbocycles. The predicted octanol–water partition coefficient (Wildman–Crippen LogP) is 3.48. The highest BCUT2D eigenvalue weighted by Gasteiger charge is 2.29. The van der Waals surface area contributed by atoms with Gasteiger partial charge in [-0.1, -0.05) is 18.2 Å². The van der Waals surface area contributed by atoms with Crippen LogP contribution in [0.5, 0.6) is 0 Å². The van der Waals surface area contributed by atoms with Crippen molar-refractivity contribution in [2.24, 2.45) is 0 Å². The molecule has 2 rings (SSSR count). The van der Waals surface area contributed by atoms with Crippen molar-refractivity contribution in [3.63, 3.8) is 0 Å². The maximum Gasteiger partial charge on any atom is 0.244 e. The van der Waals surface area contributed by atoms with Crippen molar-refractivity contribution in [1.82, 2.24) is 19.6 Å². The normalized spacial score (nSPS) is 12.7. The molecule has 0 spiro atoms. The van der Waals surface area contributed by atoms with E-state index in [2.05, 4.69) is 18.9 Å². The van der Waals surface area contributed by atoms with Crippen LogP contribution in [0.1, 0.15) is 48.4 Å². The van der Waals surface area contributed by atoms with Gasteiger partial charge >= 0.3 is 0 Å². The van der Waals surface area contributed by atoms with Gasteiger partial charge in [0, 0.05) is 36.5 Å². The molecule has 0 aliphatic heterocycles. The molecule has 1 aromatic carbocycles. The Bertz CT molecular complexity index is 782. The van der Waals surface area contributed by atoms with Crippen LogP contribution >= 0.6 is 0 Å². The topological polar surface area (TPSA) is 41.4 Å². The molecule has 0 aliphatic rings. The molecule has 0 N–H and O–H groups in total. The number of halogens is 1. The van der Waals surface area contributed by atoms with Crippen LogP contribution in [0.25, 0.3) is 0 Å². The number of rotatable bonds is 6. The number of aromatic nitrogens is 2. The molecule has 0 unspecified atom stereocenters. The molecule has 26 heavy (non-hydrogen) atoms. The van der Waals surface area contributed by atoms with Gasteiger partial charge in [0.2, 0.25) is 5.91 Å². The summed E-state index contributed by atoms with van der Waals surface area (Å²) in [4.78, 5) is 16.5. The third-order valence-corrected chi connectivity index (χ3v) is 4.69. The zero-order valence-electron chi connectivity index (χ0n) is 16.7. The van der Waals surface area contributed by atoms with Gasteiger partial charge in [-0.15, -0.1) is 0 Å². The van der Waals surface area contributed by atoms with Crippen LogP contribution in [0.15, 0.2) is 24.3 Å². The van der Waals surface area contributed by atoms with E-state index in [0.717, 1.165) is 17.0 Å². The lowest BCUT2D eigenvalue weighted by Gasteiger charge is -2.29. The number of hydrogen-bond donors (Lipinski definition) is 0. The van der Waals surface area contributed by atoms with Crippen LogP contribution < -0.4 is 0 Å². The number of carbonyl (C=O) groups excluding carboxylic acids is 1. The molecule has 6 heteroatoms. The maximum absolute atomic E-state index is 14.3. The quantitative estimate of drug-likeness (QED) is 0.792. The number of aryl methyl sites for hydroxylation is 1. The van der Waals surface area contributed by atoms with Crippen LogP contribution in [0.3, 0.4) is 0 Å². The van der Waals surface area contributed by atoms with Gasteiger partial charge in [0.25, 0.3) is 0 Å². The molecule has 1 heterocycles. The van der Waals surface area contributed by atoms with Gasteiger partial charge in [-0.2, -0.15) is 5.10 Å². The second kappa shape index (κ2) is 7.99. The summed E-state index contributed by atoms with van der Waals surface area (Å²) >= 11 is 0. The molecule has 0 saturated carbocycles. The van der Waals surface area contributed by atoms with E-state index in [1.54, 1.807) is 49.1 Å². The van der Waals surface area contributed by atoms with Gasteiger partial charge in [0.15, 0.2) is 0 Å². The third kappa shape index (κ3) is 3.96. The molecule has 2 aromatic rings. The Labute approximate surface area is 155 Å². The summed E-state index contributed by atoms with van der Waals surface area (Å²) in [5, 5.41) is 4.58. The highest BCUT2D eigenvalue weighted by Crippen LogP contribution is 2.25. The molecular weight excluding hydrogens is 331 g/mol. The van der Waals surface area contributed by atoms with Crippen molar-refractivity contribution in [2.45, 2.75) is 46.3 Å². The van der Waals surface area contributed by atoms with Crippen molar-refractivity contribution in [2.75, 3.05) is 21.1 Å². The summed E-state index contributed by atoms with van der Waals surface area (Å²) in [6, 6.07) is 6.04. The molecular formula is C20H29FN4O. The van der Waals surface area contributed by atoms with Crippen molar-refractivity contribution in [1.29, 1.82) is 0 Å². The van der Waals surface area contributed by atoms with Crippen LogP contribution in [0.4, 0.5) is 4.39 Å². The second-order valence-corrected chi connectivity index (χ2v) is 7.27. The predicted molar refractivity (Wildman–Crippen MR) is 101 cm³/mol. The largest absolute Gasteiger partial charge is 0.340 e. The van der Waals surface area contributed by atoms with Crippen LogP contribution in [0.2, 0.25) is 0 Å². The molecule has 0 fully saturated rings. The van der Waals surface area contributed by atoms with E-state index in [1.165, 1.54) is 6.07 Å². The minimum absolute atomic E-state index is 0.142. The van der Waals surface area contributed by atoms with E-state index >= 15 is 0 Å². The SMILES string of the molecule is Cc1nn(C(C)C)c(C)c1CN(C)C(=O)[C@@H](c1ccccc1F)N(C)C. The molecule has 0 bridgehead atoms. The Balaban J connectivity index is 2.30. The zero-order valence-corrected chi connectivity index (χ0v) is 16.7. The van der Waals surface area contributed by atoms with Crippen molar-refractivity contribution in [3.05, 3.63) is 52.6 Å². The van der Waals surface area contributed by atoms with Crippen LogP contribution in [-0.2, 0) is 11.3 Å². The average molecular weight is 360 g/mol. The number of nitrogens with zero attached hydrogens (tertiary/aromatic N) is 4. The van der Waals surface area contributed by atoms with Gasteiger partial charge in [-0.05, 0) is 47.9 Å². The number of benzene rings is 1. The molecule has 1 amide bonds. The van der Waals surface area contributed by atoms with E-state index in [9.17, 15) is 9.18 Å². The smallest absolute Gasteiger partial charge is 0.244 e. The number of hydrogen-bond acceptors (Lipinski definition) is 3. The first-order valence-corrected chi connectivity index (χ1v) is 8.85. The van der Waals surface area contributed by atoms with Gasteiger partial charge in [-0.25, -0.2) is 4.39 Å². The lowest BCUT2D eigenvalue weighted by Crippen LogP contribution is -2.38. The van der Waals surface area contributed by atoms with Gasteiger partial charge in [0.1, 0.15) is 11.9 Å². The minimum Gasteiger partial charge on any atom is -0.340 e. The Kier molecular flexibility index (Phi) is 6.18. The molecule has 5 nitrogen and oxygen atoms in total. The number of carbonyl (C=O) groups is 1. The zero-order chi connectivity index (χ0) is 19.6. The number of amides is 1. The maximum atomic E-state index is 14.3. The molecule has 1 aromatic heterocycles. The first kappa shape index (κ1) is 20.1. The van der Waals surface area contributed by atoms with Crippen LogP contribution in [-0.4, -0.2) is 46.6 Å². The fraction of sp³-hybridized carbons (Fsp3) is 0.500. The van der Waals surface area contributed by atoms with E-state index < -0.39 is 6.04 Å². The lowest BCUT2D eigenvalue weighted by atomic mass is 10.0. The molecule has 0 radical (unpaired) electrons. The second-order valence-electron chi connectivity index (χ2n) is 7.27. The van der Waals surface area contributed by atoms with Crippen LogP contribution in [0, 0.1) is 19.7 Å². The summed E-state index contributed by atoms with van der Waals surface area (Å²) in [6.45, 7) is 8.59. The van der Waals surface area contributed by atoms with Crippen molar-refractivity contribution < 1.29 is 9.18 Å². The minimum atomic E-state index is -0.665. The fourth-order valence-electron chi connectivity index (χ4n) is 3.28. The monoisotopic (exact) mass is 360 g/mol. The first-order valence-electron chi connectivity index (χ1n) is 8.85. The standard InChI is InChI=1S/C20H29FN4O/c1-13(2)25-15(4)17(14(3)22-25)12-24(7)20(26)19(23(5)6)16-10-8-9-11-18(16)21/h8-11,13,19H,12H2,1-7H3/t19-/m1/s1. The van der Waals surface area contributed by atoms with E-state index in [-0.39, 0.29) is 17.8 Å². The summed E-state index contributed by atoms with van der Waals surface area (Å²) in [5.74, 6) is -0.510. The first-order chi connectivity index (χ1) is 12.1. The average Bonchev–Trinajstić information content (AvgIpc) is 2.84. The summed E-state index contributed by atoms with van der Waals surface area (Å²) in [5.41, 5.74) is 3.41. The summed E-state index contributed by atoms with van der Waals surface area (Å²) in [7, 11) is 5.33. The Morgan fingerprint density at radius 3 is 2.31 bits per heavy atom. The molecule has 142 valence electrons. The van der Waals surface area contributed by atoms with E-state index in [1.807, 2.05) is 18.5 Å². The summed E-state index contributed by atoms with van der Waals surface area (Å²) in [6.07, 6.45) is 0. The third-order valence-electron chi connectivity index (χ3n) is 4.69. The Hall–Kier alpha value is -2.21. The number of likely N-dealkylation sites (N-methyl/N-ethyl adjacent to an activating group) is 2. The highest BCUT2D eigenvalue weighted by molar-refractivity contribution is 5.83. The Morgan fingerprint density at radius 2 is 1.81 bits per heavy atom. The molecule has 1 atom stereocenters. The van der Waals surface area contributed by atoms with Crippen molar-refractivity contribution >= 4 is 5.91 Å². The lowest BCUT2D eigenvalue weighted by molar-refractivity contribution is -0.135. The van der Waals surface area contributed by atoms with Crippen molar-refractivity contribution in [3.8, 4) is 0 Å². The fourth-order valence-corrected chi connectivity index (χ4v) is 3.28. The van der Waals surface area contributed by atoms with Gasteiger partial charge in [-0.3, -0.25) is 14.4 Å². The van der Waals surface area contributed by atoms with Gasteiger partial charge in [0.05, 0.1) is 5.69 Å².